The maximum Gasteiger partial charge on any atom is 0.313 e. The van der Waals surface area contributed by atoms with Crippen LogP contribution < -0.4 is 14.8 Å². The molecule has 0 spiro atoms. The van der Waals surface area contributed by atoms with Gasteiger partial charge in [0.15, 0.2) is 6.10 Å². The van der Waals surface area contributed by atoms with Crippen molar-refractivity contribution in [1.29, 1.82) is 0 Å². The quantitative estimate of drug-likeness (QED) is 0.731. The van der Waals surface area contributed by atoms with E-state index in [4.69, 9.17) is 37.4 Å². The van der Waals surface area contributed by atoms with Crippen LogP contribution in [0.3, 0.4) is 0 Å². The first-order valence-electron chi connectivity index (χ1n) is 8.63. The summed E-state index contributed by atoms with van der Waals surface area (Å²) in [6.45, 7) is 1.68. The summed E-state index contributed by atoms with van der Waals surface area (Å²) in [4.78, 5) is 24.9. The minimum Gasteiger partial charge on any atom is -0.495 e. The van der Waals surface area contributed by atoms with Crippen molar-refractivity contribution in [3.05, 3.63) is 52.0 Å². The Labute approximate surface area is 172 Å². The highest BCUT2D eigenvalue weighted by Gasteiger charge is 2.30. The summed E-state index contributed by atoms with van der Waals surface area (Å²) in [5.41, 5.74) is 1.23. The largest absolute Gasteiger partial charge is 0.495 e. The van der Waals surface area contributed by atoms with Crippen molar-refractivity contribution < 1.29 is 23.8 Å². The number of hydrogen-bond donors (Lipinski definition) is 1. The van der Waals surface area contributed by atoms with Crippen LogP contribution in [0.15, 0.2) is 36.4 Å². The smallest absolute Gasteiger partial charge is 0.313 e. The molecule has 1 aliphatic heterocycles. The molecular weight excluding hydrogens is 405 g/mol. The first-order chi connectivity index (χ1) is 13.4. The lowest BCUT2D eigenvalue weighted by molar-refractivity contribution is -0.158. The Hall–Kier alpha value is -2.44. The van der Waals surface area contributed by atoms with Crippen molar-refractivity contribution in [2.75, 3.05) is 19.0 Å². The number of hydrogen-bond acceptors (Lipinski definition) is 5. The molecule has 0 bridgehead atoms. The number of esters is 1. The lowest BCUT2D eigenvalue weighted by Crippen LogP contribution is -2.36. The van der Waals surface area contributed by atoms with E-state index in [2.05, 4.69) is 5.32 Å². The molecule has 6 nitrogen and oxygen atoms in total. The highest BCUT2D eigenvalue weighted by molar-refractivity contribution is 6.31. The van der Waals surface area contributed by atoms with E-state index < -0.39 is 23.9 Å². The second-order valence-corrected chi connectivity index (χ2v) is 7.25. The molecule has 2 unspecified atom stereocenters. The summed E-state index contributed by atoms with van der Waals surface area (Å²) < 4.78 is 16.1. The van der Waals surface area contributed by atoms with Gasteiger partial charge in [-0.15, -0.1) is 0 Å². The van der Waals surface area contributed by atoms with Gasteiger partial charge in [0.2, 0.25) is 0 Å². The lowest BCUT2D eigenvalue weighted by atomic mass is 9.97. The Kier molecular flexibility index (Phi) is 6.31. The van der Waals surface area contributed by atoms with Gasteiger partial charge in [0.25, 0.3) is 5.91 Å². The summed E-state index contributed by atoms with van der Waals surface area (Å²) in [6.07, 6.45) is -0.567. The number of carbonyl (C=O) groups excluding carboxylic acids is 2. The summed E-state index contributed by atoms with van der Waals surface area (Å²) >= 11 is 12.0. The van der Waals surface area contributed by atoms with Crippen LogP contribution in [0.1, 0.15) is 12.5 Å². The normalized spacial score (nSPS) is 16.4. The molecule has 1 heterocycles. The van der Waals surface area contributed by atoms with Gasteiger partial charge >= 0.3 is 5.97 Å². The molecule has 0 aliphatic carbocycles. The third kappa shape index (κ3) is 4.69. The van der Waals surface area contributed by atoms with Crippen molar-refractivity contribution in [3.8, 4) is 11.5 Å². The topological polar surface area (TPSA) is 73.9 Å². The molecule has 1 amide bonds. The first-order valence-corrected chi connectivity index (χ1v) is 9.39. The Bertz CT molecular complexity index is 902. The molecule has 2 aromatic rings. The van der Waals surface area contributed by atoms with E-state index in [0.29, 0.717) is 33.7 Å². The van der Waals surface area contributed by atoms with E-state index in [1.54, 1.807) is 36.4 Å². The standard InChI is InChI=1S/C20H19Cl2NO5/c1-11(19(24)23-16-9-15(22)4-6-18(16)26-2)28-20(25)13-7-12-8-14(21)3-5-17(12)27-10-13/h3-6,8-9,11,13H,7,10H2,1-2H3,(H,23,24). The van der Waals surface area contributed by atoms with Crippen LogP contribution in [0, 0.1) is 5.92 Å². The molecule has 8 heteroatoms. The first kappa shape index (κ1) is 20.3. The number of anilines is 1. The van der Waals surface area contributed by atoms with E-state index in [9.17, 15) is 9.59 Å². The monoisotopic (exact) mass is 423 g/mol. The minimum absolute atomic E-state index is 0.184. The van der Waals surface area contributed by atoms with Gasteiger partial charge in [0, 0.05) is 10.0 Å². The highest BCUT2D eigenvalue weighted by atomic mass is 35.5. The fourth-order valence-corrected chi connectivity index (χ4v) is 3.22. The molecule has 0 fully saturated rings. The summed E-state index contributed by atoms with van der Waals surface area (Å²) in [6, 6.07) is 10.1. The molecule has 2 aromatic carbocycles. The number of amides is 1. The number of rotatable bonds is 5. The van der Waals surface area contributed by atoms with Gasteiger partial charge in [-0.2, -0.15) is 0 Å². The minimum atomic E-state index is -1.00. The molecular formula is C20H19Cl2NO5. The fourth-order valence-electron chi connectivity index (χ4n) is 2.85. The van der Waals surface area contributed by atoms with Crippen LogP contribution in [0.2, 0.25) is 10.0 Å². The molecule has 148 valence electrons. The van der Waals surface area contributed by atoms with Crippen LogP contribution in [-0.4, -0.2) is 31.7 Å². The Morgan fingerprint density at radius 2 is 1.89 bits per heavy atom. The fraction of sp³-hybridized carbons (Fsp3) is 0.300. The Morgan fingerprint density at radius 3 is 2.64 bits per heavy atom. The molecule has 28 heavy (non-hydrogen) atoms. The average Bonchev–Trinajstić information content (AvgIpc) is 2.67. The van der Waals surface area contributed by atoms with Crippen LogP contribution in [0.25, 0.3) is 0 Å². The second-order valence-electron chi connectivity index (χ2n) is 6.38. The van der Waals surface area contributed by atoms with E-state index in [1.807, 2.05) is 0 Å². The number of carbonyl (C=O) groups is 2. The van der Waals surface area contributed by atoms with Gasteiger partial charge in [-0.1, -0.05) is 23.2 Å². The number of halogens is 2. The Balaban J connectivity index is 1.61. The number of fused-ring (bicyclic) bond motifs is 1. The van der Waals surface area contributed by atoms with Gasteiger partial charge in [0.1, 0.15) is 18.1 Å². The van der Waals surface area contributed by atoms with Gasteiger partial charge in [-0.25, -0.2) is 0 Å². The van der Waals surface area contributed by atoms with Crippen molar-refractivity contribution >= 4 is 40.8 Å². The van der Waals surface area contributed by atoms with Gasteiger partial charge in [-0.3, -0.25) is 9.59 Å². The Morgan fingerprint density at radius 1 is 1.18 bits per heavy atom. The summed E-state index contributed by atoms with van der Waals surface area (Å²) in [5.74, 6) is -0.361. The average molecular weight is 424 g/mol. The molecule has 2 atom stereocenters. The van der Waals surface area contributed by atoms with Gasteiger partial charge in [0.05, 0.1) is 18.7 Å². The molecule has 3 rings (SSSR count). The third-order valence-electron chi connectivity index (χ3n) is 4.34. The van der Waals surface area contributed by atoms with E-state index in [1.165, 1.54) is 14.0 Å². The number of benzene rings is 2. The second kappa shape index (κ2) is 8.71. The maximum absolute atomic E-state index is 12.5. The molecule has 0 aromatic heterocycles. The zero-order chi connectivity index (χ0) is 20.3. The molecule has 1 aliphatic rings. The van der Waals surface area contributed by atoms with Crippen molar-refractivity contribution in [2.45, 2.75) is 19.4 Å². The molecule has 0 saturated carbocycles. The van der Waals surface area contributed by atoms with Crippen LogP contribution in [0.5, 0.6) is 11.5 Å². The van der Waals surface area contributed by atoms with Crippen LogP contribution in [0.4, 0.5) is 5.69 Å². The van der Waals surface area contributed by atoms with Crippen molar-refractivity contribution in [1.82, 2.24) is 0 Å². The van der Waals surface area contributed by atoms with E-state index in [-0.39, 0.29) is 6.61 Å². The zero-order valence-corrected chi connectivity index (χ0v) is 16.8. The summed E-state index contributed by atoms with van der Waals surface area (Å²) in [5, 5.41) is 3.67. The van der Waals surface area contributed by atoms with Crippen molar-refractivity contribution in [2.24, 2.45) is 5.92 Å². The summed E-state index contributed by atoms with van der Waals surface area (Å²) in [7, 11) is 1.48. The lowest BCUT2D eigenvalue weighted by Gasteiger charge is -2.25. The number of methoxy groups -OCH3 is 1. The third-order valence-corrected chi connectivity index (χ3v) is 4.81. The highest BCUT2D eigenvalue weighted by Crippen LogP contribution is 2.31. The number of nitrogens with one attached hydrogen (secondary N) is 1. The van der Waals surface area contributed by atoms with E-state index in [0.717, 1.165) is 5.56 Å². The van der Waals surface area contributed by atoms with Gasteiger partial charge < -0.3 is 19.5 Å². The van der Waals surface area contributed by atoms with Crippen molar-refractivity contribution in [3.63, 3.8) is 0 Å². The van der Waals surface area contributed by atoms with Gasteiger partial charge in [-0.05, 0) is 55.3 Å². The SMILES string of the molecule is COc1ccc(Cl)cc1NC(=O)C(C)OC(=O)C1COc2ccc(Cl)cc2C1. The molecule has 1 N–H and O–H groups in total. The van der Waals surface area contributed by atoms with Crippen LogP contribution >= 0.6 is 23.2 Å². The maximum atomic E-state index is 12.5. The predicted octanol–water partition coefficient (Wildman–Crippen LogP) is 4.12. The van der Waals surface area contributed by atoms with Crippen LogP contribution in [-0.2, 0) is 20.7 Å². The van der Waals surface area contributed by atoms with E-state index >= 15 is 0 Å². The predicted molar refractivity (Wildman–Crippen MR) is 106 cm³/mol. The number of ether oxygens (including phenoxy) is 3. The molecule has 0 saturated heterocycles. The zero-order valence-electron chi connectivity index (χ0n) is 15.3. The molecule has 0 radical (unpaired) electrons.